The topological polar surface area (TPSA) is 53.4 Å². The van der Waals surface area contributed by atoms with Gasteiger partial charge in [-0.2, -0.15) is 5.10 Å². The van der Waals surface area contributed by atoms with Gasteiger partial charge in [0, 0.05) is 18.3 Å². The maximum absolute atomic E-state index is 12.6. The van der Waals surface area contributed by atoms with Crippen LogP contribution in [0.1, 0.15) is 28.0 Å². The van der Waals surface area contributed by atoms with E-state index in [-0.39, 0.29) is 12.4 Å². The fourth-order valence-electron chi connectivity index (χ4n) is 2.90. The molecular formula is C19H17ClN2O3. The normalized spacial score (nSPS) is 15.0. The van der Waals surface area contributed by atoms with Gasteiger partial charge in [0.2, 0.25) is 0 Å². The zero-order chi connectivity index (χ0) is 18.0. The quantitative estimate of drug-likeness (QED) is 0.623. The standard InChI is InChI=1S/C19H17ClN2O3/c1-4-7-25-19-15(20)9-12(10-17(19)24-3)8-13-5-6-16-14(18(13)23)11-21-22(16)2/h1,8-11H,5-7H2,2-3H3/b13-8-. The number of aryl methyl sites for hydroxylation is 1. The Bertz CT molecular complexity index is 906. The molecule has 1 aromatic carbocycles. The molecule has 2 aromatic rings. The van der Waals surface area contributed by atoms with Gasteiger partial charge in [-0.1, -0.05) is 17.5 Å². The molecule has 1 aliphatic rings. The highest BCUT2D eigenvalue weighted by Gasteiger charge is 2.25. The summed E-state index contributed by atoms with van der Waals surface area (Å²) in [7, 11) is 3.37. The highest BCUT2D eigenvalue weighted by molar-refractivity contribution is 6.32. The van der Waals surface area contributed by atoms with Crippen LogP contribution in [0.25, 0.3) is 6.08 Å². The van der Waals surface area contributed by atoms with Gasteiger partial charge in [-0.25, -0.2) is 0 Å². The molecule has 1 aromatic heterocycles. The molecule has 5 nitrogen and oxygen atoms in total. The number of methoxy groups -OCH3 is 1. The Labute approximate surface area is 151 Å². The number of nitrogens with zero attached hydrogens (tertiary/aromatic N) is 2. The van der Waals surface area contributed by atoms with E-state index in [9.17, 15) is 4.79 Å². The molecule has 0 atom stereocenters. The molecule has 25 heavy (non-hydrogen) atoms. The van der Waals surface area contributed by atoms with Gasteiger partial charge in [0.15, 0.2) is 17.3 Å². The van der Waals surface area contributed by atoms with E-state index in [4.69, 9.17) is 27.5 Å². The predicted molar refractivity (Wildman–Crippen MR) is 96.2 cm³/mol. The zero-order valence-corrected chi connectivity index (χ0v) is 14.8. The number of ether oxygens (including phenoxy) is 2. The molecule has 0 fully saturated rings. The number of allylic oxidation sites excluding steroid dienone is 1. The molecule has 0 spiro atoms. The van der Waals surface area contributed by atoms with Crippen molar-refractivity contribution in [3.05, 3.63) is 45.7 Å². The number of carbonyl (C=O) groups is 1. The lowest BCUT2D eigenvalue weighted by Gasteiger charge is -2.15. The average molecular weight is 357 g/mol. The summed E-state index contributed by atoms with van der Waals surface area (Å²) in [6, 6.07) is 3.51. The Morgan fingerprint density at radius 3 is 2.96 bits per heavy atom. The zero-order valence-electron chi connectivity index (χ0n) is 14.0. The van der Waals surface area contributed by atoms with Gasteiger partial charge in [0.25, 0.3) is 0 Å². The van der Waals surface area contributed by atoms with Crippen LogP contribution in [0.3, 0.4) is 0 Å². The first-order valence-electron chi connectivity index (χ1n) is 7.75. The van der Waals surface area contributed by atoms with Gasteiger partial charge >= 0.3 is 0 Å². The van der Waals surface area contributed by atoms with Crippen LogP contribution in [0.15, 0.2) is 23.9 Å². The molecule has 3 rings (SSSR count). The summed E-state index contributed by atoms with van der Waals surface area (Å²) >= 11 is 6.29. The Hall–Kier alpha value is -2.71. The Morgan fingerprint density at radius 2 is 2.24 bits per heavy atom. The number of halogens is 1. The number of hydrogen-bond acceptors (Lipinski definition) is 4. The molecule has 0 saturated heterocycles. The summed E-state index contributed by atoms with van der Waals surface area (Å²) in [6.45, 7) is 0.0960. The smallest absolute Gasteiger partial charge is 0.192 e. The first-order chi connectivity index (χ1) is 12.0. The number of terminal acetylenes is 1. The number of benzene rings is 1. The maximum atomic E-state index is 12.6. The van der Waals surface area contributed by atoms with Crippen molar-refractivity contribution >= 4 is 23.5 Å². The summed E-state index contributed by atoms with van der Waals surface area (Å²) in [6.07, 6.45) is 10.1. The van der Waals surface area contributed by atoms with Crippen molar-refractivity contribution in [2.24, 2.45) is 7.05 Å². The second kappa shape index (κ2) is 7.04. The minimum atomic E-state index is -0.00269. The highest BCUT2D eigenvalue weighted by Crippen LogP contribution is 2.37. The van der Waals surface area contributed by atoms with Crippen LogP contribution in [0, 0.1) is 12.3 Å². The first-order valence-corrected chi connectivity index (χ1v) is 8.13. The summed E-state index contributed by atoms with van der Waals surface area (Å²) in [5.74, 6) is 3.26. The summed E-state index contributed by atoms with van der Waals surface area (Å²) in [5, 5.41) is 4.55. The fourth-order valence-corrected chi connectivity index (χ4v) is 3.18. The van der Waals surface area contributed by atoms with Crippen molar-refractivity contribution in [1.82, 2.24) is 9.78 Å². The lowest BCUT2D eigenvalue weighted by molar-refractivity contribution is 0.102. The van der Waals surface area contributed by atoms with Crippen LogP contribution in [0.4, 0.5) is 0 Å². The van der Waals surface area contributed by atoms with Crippen LogP contribution in [0.5, 0.6) is 11.5 Å². The van der Waals surface area contributed by atoms with Crippen molar-refractivity contribution in [3.8, 4) is 23.8 Å². The number of aromatic nitrogens is 2. The summed E-state index contributed by atoms with van der Waals surface area (Å²) in [5.41, 5.74) is 3.12. The maximum Gasteiger partial charge on any atom is 0.192 e. The summed E-state index contributed by atoms with van der Waals surface area (Å²) in [4.78, 5) is 12.6. The van der Waals surface area contributed by atoms with Crippen LogP contribution >= 0.6 is 11.6 Å². The van der Waals surface area contributed by atoms with E-state index in [2.05, 4.69) is 11.0 Å². The minimum absolute atomic E-state index is 0.00269. The van der Waals surface area contributed by atoms with Crippen LogP contribution in [0.2, 0.25) is 5.02 Å². The van der Waals surface area contributed by atoms with Crippen LogP contribution in [-0.4, -0.2) is 29.3 Å². The van der Waals surface area contributed by atoms with Crippen LogP contribution < -0.4 is 9.47 Å². The van der Waals surface area contributed by atoms with Crippen molar-refractivity contribution in [3.63, 3.8) is 0 Å². The van der Waals surface area contributed by atoms with E-state index < -0.39 is 0 Å². The van der Waals surface area contributed by atoms with Gasteiger partial charge in [-0.05, 0) is 36.6 Å². The van der Waals surface area contributed by atoms with E-state index in [1.807, 2.05) is 13.1 Å². The molecule has 0 amide bonds. The SMILES string of the molecule is C#CCOc1c(Cl)cc(/C=C2/CCc3c(cnn3C)C2=O)cc1OC. The molecule has 1 heterocycles. The Balaban J connectivity index is 1.95. The van der Waals surface area contributed by atoms with Gasteiger partial charge in [0.1, 0.15) is 6.61 Å². The summed E-state index contributed by atoms with van der Waals surface area (Å²) < 4.78 is 12.5. The van der Waals surface area contributed by atoms with Gasteiger partial charge in [-0.3, -0.25) is 9.48 Å². The largest absolute Gasteiger partial charge is 0.493 e. The second-order valence-electron chi connectivity index (χ2n) is 5.65. The molecule has 0 aliphatic heterocycles. The molecular weight excluding hydrogens is 340 g/mol. The van der Waals surface area contributed by atoms with Gasteiger partial charge < -0.3 is 9.47 Å². The lowest BCUT2D eigenvalue weighted by atomic mass is 9.90. The number of hydrogen-bond donors (Lipinski definition) is 0. The lowest BCUT2D eigenvalue weighted by Crippen LogP contribution is -2.15. The minimum Gasteiger partial charge on any atom is -0.493 e. The van der Waals surface area contributed by atoms with Crippen LogP contribution in [-0.2, 0) is 13.5 Å². The van der Waals surface area contributed by atoms with Crippen molar-refractivity contribution in [2.45, 2.75) is 12.8 Å². The third-order valence-electron chi connectivity index (χ3n) is 4.12. The molecule has 128 valence electrons. The number of fused-ring (bicyclic) bond motifs is 1. The number of carbonyl (C=O) groups excluding carboxylic acids is 1. The van der Waals surface area contributed by atoms with Crippen molar-refractivity contribution < 1.29 is 14.3 Å². The molecule has 0 saturated carbocycles. The van der Waals surface area contributed by atoms with E-state index in [0.29, 0.717) is 28.5 Å². The number of rotatable bonds is 4. The fraction of sp³-hybridized carbons (Fsp3) is 0.263. The molecule has 0 radical (unpaired) electrons. The molecule has 0 unspecified atom stereocenters. The highest BCUT2D eigenvalue weighted by atomic mass is 35.5. The third-order valence-corrected chi connectivity index (χ3v) is 4.40. The van der Waals surface area contributed by atoms with E-state index in [1.165, 1.54) is 7.11 Å². The van der Waals surface area contributed by atoms with Gasteiger partial charge in [-0.15, -0.1) is 6.42 Å². The second-order valence-corrected chi connectivity index (χ2v) is 6.06. The van der Waals surface area contributed by atoms with Gasteiger partial charge in [0.05, 0.1) is 23.9 Å². The molecule has 0 bridgehead atoms. The van der Waals surface area contributed by atoms with E-state index in [0.717, 1.165) is 23.3 Å². The molecule has 0 N–H and O–H groups in total. The van der Waals surface area contributed by atoms with Crippen molar-refractivity contribution in [2.75, 3.05) is 13.7 Å². The molecule has 1 aliphatic carbocycles. The number of ketones is 1. The van der Waals surface area contributed by atoms with E-state index >= 15 is 0 Å². The first kappa shape index (κ1) is 17.1. The number of Topliss-reactive ketones (excluding diaryl/α,β-unsaturated/α-hetero) is 1. The average Bonchev–Trinajstić information content (AvgIpc) is 2.98. The Kier molecular flexibility index (Phi) is 4.82. The third kappa shape index (κ3) is 3.26. The predicted octanol–water partition coefficient (Wildman–Crippen LogP) is 3.31. The molecule has 6 heteroatoms. The van der Waals surface area contributed by atoms with Crippen molar-refractivity contribution in [1.29, 1.82) is 0 Å². The van der Waals surface area contributed by atoms with E-state index in [1.54, 1.807) is 23.0 Å². The Morgan fingerprint density at radius 1 is 1.44 bits per heavy atom. The monoisotopic (exact) mass is 356 g/mol.